The van der Waals surface area contributed by atoms with E-state index in [9.17, 15) is 14.4 Å². The van der Waals surface area contributed by atoms with Crippen LogP contribution in [-0.2, 0) is 22.6 Å². The molecule has 0 saturated heterocycles. The van der Waals surface area contributed by atoms with E-state index >= 15 is 0 Å². The monoisotopic (exact) mass is 446 g/mol. The number of aryl methyl sites for hydroxylation is 1. The lowest BCUT2D eigenvalue weighted by Crippen LogP contribution is -2.64. The third-order valence-electron chi connectivity index (χ3n) is 5.72. The van der Waals surface area contributed by atoms with Crippen molar-refractivity contribution in [1.29, 1.82) is 0 Å². The summed E-state index contributed by atoms with van der Waals surface area (Å²) in [6, 6.07) is 18.4. The largest absolute Gasteiger partial charge is 0.461 e. The lowest BCUT2D eigenvalue weighted by atomic mass is 9.93. The highest BCUT2D eigenvalue weighted by molar-refractivity contribution is 6.12. The number of amides is 2. The van der Waals surface area contributed by atoms with Gasteiger partial charge < -0.3 is 10.1 Å². The van der Waals surface area contributed by atoms with Gasteiger partial charge in [0.1, 0.15) is 11.2 Å². The zero-order valence-electron chi connectivity index (χ0n) is 18.9. The minimum Gasteiger partial charge on any atom is -0.461 e. The second-order valence-corrected chi connectivity index (χ2v) is 8.21. The number of aromatic nitrogens is 2. The lowest BCUT2D eigenvalue weighted by molar-refractivity contribution is -0.126. The van der Waals surface area contributed by atoms with Crippen molar-refractivity contribution in [3.63, 3.8) is 0 Å². The van der Waals surface area contributed by atoms with Crippen LogP contribution in [0.3, 0.4) is 0 Å². The second-order valence-electron chi connectivity index (χ2n) is 8.21. The molecule has 4 rings (SSSR count). The van der Waals surface area contributed by atoms with Gasteiger partial charge in [0.15, 0.2) is 5.69 Å². The molecule has 1 aliphatic rings. The van der Waals surface area contributed by atoms with E-state index in [1.807, 2.05) is 61.5 Å². The molecule has 2 heterocycles. The number of anilines is 1. The summed E-state index contributed by atoms with van der Waals surface area (Å²) in [5.41, 5.74) is 1.57. The van der Waals surface area contributed by atoms with Crippen molar-refractivity contribution in [3.05, 3.63) is 83.2 Å². The predicted octanol–water partition coefficient (Wildman–Crippen LogP) is 3.10. The molecule has 0 radical (unpaired) electrons. The number of esters is 1. The first-order valence-electron chi connectivity index (χ1n) is 10.8. The van der Waals surface area contributed by atoms with E-state index in [1.165, 1.54) is 15.6 Å². The molecule has 0 bridgehead atoms. The van der Waals surface area contributed by atoms with Crippen molar-refractivity contribution in [1.82, 2.24) is 15.1 Å². The number of benzene rings is 2. The molecule has 1 aliphatic heterocycles. The van der Waals surface area contributed by atoms with Crippen LogP contribution in [0.15, 0.2) is 60.7 Å². The average molecular weight is 447 g/mol. The second kappa shape index (κ2) is 8.90. The zero-order valence-corrected chi connectivity index (χ0v) is 18.9. The average Bonchev–Trinajstić information content (AvgIpc) is 3.24. The fourth-order valence-electron chi connectivity index (χ4n) is 3.95. The van der Waals surface area contributed by atoms with Gasteiger partial charge in [-0.05, 0) is 38.5 Å². The Morgan fingerprint density at radius 1 is 1.12 bits per heavy atom. The van der Waals surface area contributed by atoms with E-state index in [0.717, 1.165) is 11.1 Å². The van der Waals surface area contributed by atoms with Crippen LogP contribution in [-0.4, -0.2) is 39.7 Å². The van der Waals surface area contributed by atoms with Crippen LogP contribution in [0.1, 0.15) is 46.0 Å². The molecule has 170 valence electrons. The normalized spacial score (nSPS) is 17.4. The van der Waals surface area contributed by atoms with Gasteiger partial charge in [-0.1, -0.05) is 48.0 Å². The quantitative estimate of drug-likeness (QED) is 0.588. The maximum Gasteiger partial charge on any atom is 0.358 e. The lowest BCUT2D eigenvalue weighted by Gasteiger charge is -2.43. The molecule has 0 saturated carbocycles. The number of hydrogen-bond donors (Lipinski definition) is 1. The number of carbonyl (C=O) groups is 3. The molecule has 1 N–H and O–H groups in total. The summed E-state index contributed by atoms with van der Waals surface area (Å²) < 4.78 is 6.45. The van der Waals surface area contributed by atoms with Gasteiger partial charge in [0.2, 0.25) is 5.91 Å². The zero-order chi connectivity index (χ0) is 23.6. The summed E-state index contributed by atoms with van der Waals surface area (Å²) in [6.45, 7) is 5.97. The Morgan fingerprint density at radius 2 is 1.82 bits per heavy atom. The standard InChI is InChI=1S/C25H26N4O4/c1-4-33-23(31)20-14-21-22(30)29(19-12-10-17(2)11-13-19)25(3,16-28(21)27-20)24(32)26-15-18-8-6-5-7-9-18/h5-14H,4,15-16H2,1-3H3,(H,26,32). The first kappa shape index (κ1) is 22.3. The van der Waals surface area contributed by atoms with Gasteiger partial charge in [-0.25, -0.2) is 4.79 Å². The van der Waals surface area contributed by atoms with Crippen LogP contribution in [0.25, 0.3) is 0 Å². The predicted molar refractivity (Wildman–Crippen MR) is 123 cm³/mol. The molecule has 8 heteroatoms. The highest BCUT2D eigenvalue weighted by Gasteiger charge is 2.49. The minimum atomic E-state index is -1.27. The number of ether oxygens (including phenoxy) is 1. The summed E-state index contributed by atoms with van der Waals surface area (Å²) in [6.07, 6.45) is 0. The SMILES string of the molecule is CCOC(=O)c1cc2n(n1)CC(C)(C(=O)NCc1ccccc1)N(c1ccc(C)cc1)C2=O. The molecule has 1 unspecified atom stereocenters. The van der Waals surface area contributed by atoms with Crippen molar-refractivity contribution < 1.29 is 19.1 Å². The Labute approximate surface area is 192 Å². The third-order valence-corrected chi connectivity index (χ3v) is 5.72. The van der Waals surface area contributed by atoms with E-state index in [2.05, 4.69) is 10.4 Å². The van der Waals surface area contributed by atoms with E-state index < -0.39 is 17.4 Å². The smallest absolute Gasteiger partial charge is 0.358 e. The molecule has 0 aliphatic carbocycles. The van der Waals surface area contributed by atoms with Gasteiger partial charge in [0.25, 0.3) is 5.91 Å². The Balaban J connectivity index is 1.72. The molecular weight excluding hydrogens is 420 g/mol. The molecule has 0 spiro atoms. The van der Waals surface area contributed by atoms with E-state index in [1.54, 1.807) is 13.8 Å². The van der Waals surface area contributed by atoms with E-state index in [4.69, 9.17) is 4.74 Å². The van der Waals surface area contributed by atoms with Gasteiger partial charge in [-0.2, -0.15) is 5.10 Å². The molecule has 0 fully saturated rings. The van der Waals surface area contributed by atoms with Crippen molar-refractivity contribution in [2.45, 2.75) is 39.4 Å². The topological polar surface area (TPSA) is 93.5 Å². The number of rotatable bonds is 6. The van der Waals surface area contributed by atoms with Crippen LogP contribution in [0.4, 0.5) is 5.69 Å². The molecule has 1 aromatic heterocycles. The van der Waals surface area contributed by atoms with Crippen molar-refractivity contribution in [3.8, 4) is 0 Å². The van der Waals surface area contributed by atoms with E-state index in [0.29, 0.717) is 12.2 Å². The van der Waals surface area contributed by atoms with Gasteiger partial charge in [0, 0.05) is 18.3 Å². The Kier molecular flexibility index (Phi) is 6.00. The summed E-state index contributed by atoms with van der Waals surface area (Å²) >= 11 is 0. The first-order chi connectivity index (χ1) is 15.8. The fourth-order valence-corrected chi connectivity index (χ4v) is 3.95. The summed E-state index contributed by atoms with van der Waals surface area (Å²) in [4.78, 5) is 40.8. The van der Waals surface area contributed by atoms with Crippen LogP contribution < -0.4 is 10.2 Å². The van der Waals surface area contributed by atoms with E-state index in [-0.39, 0.29) is 30.4 Å². The molecule has 33 heavy (non-hydrogen) atoms. The number of fused-ring (bicyclic) bond motifs is 1. The number of carbonyl (C=O) groups excluding carboxylic acids is 3. The molecular formula is C25H26N4O4. The Bertz CT molecular complexity index is 1190. The molecule has 1 atom stereocenters. The molecule has 2 aromatic carbocycles. The summed E-state index contributed by atoms with van der Waals surface area (Å²) in [5.74, 6) is -1.34. The van der Waals surface area contributed by atoms with Crippen LogP contribution in [0.2, 0.25) is 0 Å². The molecule has 8 nitrogen and oxygen atoms in total. The summed E-state index contributed by atoms with van der Waals surface area (Å²) in [7, 11) is 0. The molecule has 3 aromatic rings. The fraction of sp³-hybridized carbons (Fsp3) is 0.280. The van der Waals surface area contributed by atoms with Gasteiger partial charge in [-0.3, -0.25) is 19.2 Å². The third kappa shape index (κ3) is 4.24. The van der Waals surface area contributed by atoms with Crippen LogP contribution in [0, 0.1) is 6.92 Å². The summed E-state index contributed by atoms with van der Waals surface area (Å²) in [5, 5.41) is 7.23. The van der Waals surface area contributed by atoms with Gasteiger partial charge in [0.05, 0.1) is 13.2 Å². The highest BCUT2D eigenvalue weighted by Crippen LogP contribution is 2.33. The van der Waals surface area contributed by atoms with Gasteiger partial charge >= 0.3 is 5.97 Å². The number of nitrogens with zero attached hydrogens (tertiary/aromatic N) is 3. The first-order valence-corrected chi connectivity index (χ1v) is 10.8. The maximum absolute atomic E-state index is 13.6. The highest BCUT2D eigenvalue weighted by atomic mass is 16.5. The Hall–Kier alpha value is -3.94. The van der Waals surface area contributed by atoms with Crippen molar-refractivity contribution >= 4 is 23.5 Å². The molecule has 2 amide bonds. The maximum atomic E-state index is 13.6. The number of nitrogens with one attached hydrogen (secondary N) is 1. The van der Waals surface area contributed by atoms with Crippen LogP contribution in [0.5, 0.6) is 0 Å². The number of hydrogen-bond acceptors (Lipinski definition) is 5. The minimum absolute atomic E-state index is 0.0398. The Morgan fingerprint density at radius 3 is 2.48 bits per heavy atom. The van der Waals surface area contributed by atoms with Crippen molar-refractivity contribution in [2.75, 3.05) is 11.5 Å². The van der Waals surface area contributed by atoms with Crippen molar-refractivity contribution in [2.24, 2.45) is 0 Å². The van der Waals surface area contributed by atoms with Gasteiger partial charge in [-0.15, -0.1) is 0 Å². The van der Waals surface area contributed by atoms with Crippen LogP contribution >= 0.6 is 0 Å².